The Labute approximate surface area is 185 Å². The van der Waals surface area contributed by atoms with Gasteiger partial charge in [-0.25, -0.2) is 14.3 Å². The van der Waals surface area contributed by atoms with Crippen LogP contribution in [0.25, 0.3) is 11.6 Å². The monoisotopic (exact) mass is 433 g/mol. The molecule has 0 saturated heterocycles. The van der Waals surface area contributed by atoms with Crippen molar-refractivity contribution in [2.45, 2.75) is 65.5 Å². The number of aryl methyl sites for hydroxylation is 3. The first-order valence-electron chi connectivity index (χ1n) is 11.0. The molecule has 0 unspecified atom stereocenters. The maximum atomic E-state index is 12.6. The summed E-state index contributed by atoms with van der Waals surface area (Å²) in [7, 11) is 0. The lowest BCUT2D eigenvalue weighted by molar-refractivity contribution is 0.302. The molecule has 1 saturated carbocycles. The van der Waals surface area contributed by atoms with Gasteiger partial charge in [-0.1, -0.05) is 0 Å². The van der Waals surface area contributed by atoms with E-state index in [0.29, 0.717) is 11.6 Å². The first-order valence-corrected chi connectivity index (χ1v) is 11.0. The number of nitrogens with zero attached hydrogens (tertiary/aromatic N) is 8. The van der Waals surface area contributed by atoms with Gasteiger partial charge in [0.05, 0.1) is 11.7 Å². The minimum Gasteiger partial charge on any atom is -0.367 e. The molecule has 4 aromatic rings. The summed E-state index contributed by atoms with van der Waals surface area (Å²) in [6.45, 7) is 7.97. The summed E-state index contributed by atoms with van der Waals surface area (Å²) in [4.78, 5) is 21.3. The predicted molar refractivity (Wildman–Crippen MR) is 120 cm³/mol. The molecule has 4 aromatic heterocycles. The summed E-state index contributed by atoms with van der Waals surface area (Å²) in [5, 5.41) is 17.1. The first kappa shape index (κ1) is 20.3. The standard InChI is InChI=1S/C22H27N9O/c1-13-11-14(2)29(27-13)19-9-10-20(32)30(28-19)18-7-5-17(6-8-18)26-21-15(3)16(4)25-22-23-12-24-31(21)22/h9-12,17-18,26H,5-8H2,1-4H3. The number of rotatable bonds is 4. The van der Waals surface area contributed by atoms with Gasteiger partial charge in [0.2, 0.25) is 0 Å². The fourth-order valence-electron chi connectivity index (χ4n) is 4.51. The Balaban J connectivity index is 1.34. The molecule has 1 fully saturated rings. The highest BCUT2D eigenvalue weighted by atomic mass is 16.1. The van der Waals surface area contributed by atoms with Gasteiger partial charge in [0.25, 0.3) is 11.3 Å². The van der Waals surface area contributed by atoms with E-state index in [1.165, 1.54) is 6.33 Å². The third-order valence-electron chi connectivity index (χ3n) is 6.33. The van der Waals surface area contributed by atoms with Gasteiger partial charge in [-0.2, -0.15) is 19.7 Å². The summed E-state index contributed by atoms with van der Waals surface area (Å²) in [6, 6.07) is 5.69. The molecule has 1 N–H and O–H groups in total. The second-order valence-electron chi connectivity index (χ2n) is 8.61. The number of fused-ring (bicyclic) bond motifs is 1. The molecule has 0 atom stereocenters. The normalized spacial score (nSPS) is 18.9. The molecule has 4 heterocycles. The summed E-state index contributed by atoms with van der Waals surface area (Å²) in [5.41, 5.74) is 3.86. The SMILES string of the molecule is Cc1cc(C)n(-c2ccc(=O)n(C3CCC(Nc4c(C)c(C)nc5ncnn45)CC3)n2)n1. The van der Waals surface area contributed by atoms with Crippen LogP contribution in [0, 0.1) is 27.7 Å². The van der Waals surface area contributed by atoms with Crippen LogP contribution in [0.3, 0.4) is 0 Å². The topological polar surface area (TPSA) is 108 Å². The zero-order valence-electron chi connectivity index (χ0n) is 18.8. The van der Waals surface area contributed by atoms with Crippen LogP contribution in [0.1, 0.15) is 54.4 Å². The van der Waals surface area contributed by atoms with Crippen molar-refractivity contribution in [1.82, 2.24) is 39.1 Å². The van der Waals surface area contributed by atoms with Gasteiger partial charge < -0.3 is 5.32 Å². The lowest BCUT2D eigenvalue weighted by Crippen LogP contribution is -2.34. The van der Waals surface area contributed by atoms with Crippen LogP contribution in [-0.4, -0.2) is 45.2 Å². The Kier molecular flexibility index (Phi) is 4.99. The van der Waals surface area contributed by atoms with Gasteiger partial charge in [0.1, 0.15) is 12.1 Å². The van der Waals surface area contributed by atoms with Crippen molar-refractivity contribution in [2.75, 3.05) is 5.32 Å². The third kappa shape index (κ3) is 3.55. The molecule has 166 valence electrons. The van der Waals surface area contributed by atoms with Crippen LogP contribution in [0.4, 0.5) is 5.82 Å². The summed E-state index contributed by atoms with van der Waals surface area (Å²) < 4.78 is 5.19. The van der Waals surface area contributed by atoms with Gasteiger partial charge in [-0.3, -0.25) is 4.79 Å². The maximum absolute atomic E-state index is 12.6. The Morgan fingerprint density at radius 2 is 1.81 bits per heavy atom. The Morgan fingerprint density at radius 3 is 2.53 bits per heavy atom. The number of nitrogens with one attached hydrogen (secondary N) is 1. The van der Waals surface area contributed by atoms with Crippen molar-refractivity contribution in [2.24, 2.45) is 0 Å². The average Bonchev–Trinajstić information content (AvgIpc) is 3.37. The highest BCUT2D eigenvalue weighted by Crippen LogP contribution is 2.30. The van der Waals surface area contributed by atoms with E-state index in [2.05, 4.69) is 30.6 Å². The van der Waals surface area contributed by atoms with Crippen molar-refractivity contribution < 1.29 is 0 Å². The second-order valence-corrected chi connectivity index (χ2v) is 8.61. The zero-order chi connectivity index (χ0) is 22.4. The first-order chi connectivity index (χ1) is 15.4. The molecule has 10 nitrogen and oxygen atoms in total. The maximum Gasteiger partial charge on any atom is 0.267 e. The van der Waals surface area contributed by atoms with Crippen molar-refractivity contribution in [3.63, 3.8) is 0 Å². The number of hydrogen-bond acceptors (Lipinski definition) is 7. The summed E-state index contributed by atoms with van der Waals surface area (Å²) in [6.07, 6.45) is 5.13. The van der Waals surface area contributed by atoms with Crippen LogP contribution >= 0.6 is 0 Å². The van der Waals surface area contributed by atoms with E-state index in [1.54, 1.807) is 26.0 Å². The lowest BCUT2D eigenvalue weighted by atomic mass is 9.91. The molecular weight excluding hydrogens is 406 g/mol. The zero-order valence-corrected chi connectivity index (χ0v) is 18.8. The van der Waals surface area contributed by atoms with Crippen molar-refractivity contribution in [3.8, 4) is 5.82 Å². The molecule has 0 spiro atoms. The molecule has 0 amide bonds. The van der Waals surface area contributed by atoms with Crippen molar-refractivity contribution in [3.05, 3.63) is 57.5 Å². The van der Waals surface area contributed by atoms with E-state index < -0.39 is 0 Å². The molecule has 32 heavy (non-hydrogen) atoms. The quantitative estimate of drug-likeness (QED) is 0.527. The van der Waals surface area contributed by atoms with E-state index >= 15 is 0 Å². The smallest absolute Gasteiger partial charge is 0.267 e. The molecular formula is C22H27N9O. The Hall–Kier alpha value is -3.56. The lowest BCUT2D eigenvalue weighted by Gasteiger charge is -2.30. The van der Waals surface area contributed by atoms with E-state index in [4.69, 9.17) is 0 Å². The molecule has 0 aliphatic heterocycles. The molecule has 1 aliphatic carbocycles. The summed E-state index contributed by atoms with van der Waals surface area (Å²) >= 11 is 0. The fraction of sp³-hybridized carbons (Fsp3) is 0.455. The third-order valence-corrected chi connectivity index (χ3v) is 6.33. The minimum absolute atomic E-state index is 0.0726. The fourth-order valence-corrected chi connectivity index (χ4v) is 4.51. The van der Waals surface area contributed by atoms with Crippen LogP contribution < -0.4 is 10.9 Å². The second kappa shape index (κ2) is 7.85. The molecule has 0 radical (unpaired) electrons. The van der Waals surface area contributed by atoms with Crippen molar-refractivity contribution >= 4 is 11.6 Å². The van der Waals surface area contributed by atoms with E-state index in [1.807, 2.05) is 33.8 Å². The van der Waals surface area contributed by atoms with Crippen molar-refractivity contribution in [1.29, 1.82) is 0 Å². The van der Waals surface area contributed by atoms with Gasteiger partial charge >= 0.3 is 0 Å². The Morgan fingerprint density at radius 1 is 1.03 bits per heavy atom. The van der Waals surface area contributed by atoms with Crippen LogP contribution in [0.2, 0.25) is 0 Å². The highest BCUT2D eigenvalue weighted by Gasteiger charge is 2.25. The van der Waals surface area contributed by atoms with Gasteiger partial charge in [-0.05, 0) is 65.5 Å². The number of hydrogen-bond donors (Lipinski definition) is 1. The number of aromatic nitrogens is 8. The number of anilines is 1. The van der Waals surface area contributed by atoms with Crippen LogP contribution in [0.5, 0.6) is 0 Å². The molecule has 0 bridgehead atoms. The summed E-state index contributed by atoms with van der Waals surface area (Å²) in [5.74, 6) is 2.21. The van der Waals surface area contributed by atoms with Crippen LogP contribution in [-0.2, 0) is 0 Å². The minimum atomic E-state index is -0.0726. The predicted octanol–water partition coefficient (Wildman–Crippen LogP) is 2.70. The Bertz CT molecular complexity index is 1340. The average molecular weight is 434 g/mol. The molecule has 10 heteroatoms. The van der Waals surface area contributed by atoms with E-state index in [-0.39, 0.29) is 17.6 Å². The highest BCUT2D eigenvalue weighted by molar-refractivity contribution is 5.52. The van der Waals surface area contributed by atoms with Gasteiger partial charge in [0, 0.05) is 29.1 Å². The molecule has 0 aromatic carbocycles. The molecule has 1 aliphatic rings. The van der Waals surface area contributed by atoms with Gasteiger partial charge in [-0.15, -0.1) is 5.10 Å². The largest absolute Gasteiger partial charge is 0.367 e. The molecule has 5 rings (SSSR count). The van der Waals surface area contributed by atoms with E-state index in [9.17, 15) is 4.79 Å². The van der Waals surface area contributed by atoms with E-state index in [0.717, 1.165) is 54.1 Å². The van der Waals surface area contributed by atoms with Crippen LogP contribution in [0.15, 0.2) is 29.3 Å². The van der Waals surface area contributed by atoms with Gasteiger partial charge in [0.15, 0.2) is 5.82 Å².